The number of thiazole rings is 1. The Balaban J connectivity index is 1.55. The monoisotopic (exact) mass is 344 g/mol. The molecule has 2 heterocycles. The fraction of sp³-hybridized carbons (Fsp3) is 0.353. The maximum Gasteiger partial charge on any atom is 0.257 e. The second-order valence-corrected chi connectivity index (χ2v) is 6.68. The SMILES string of the molecule is CN1CCN(C(=O)Cc2csc(NC(=O)c3ccccc3)n2)CC1. The third kappa shape index (κ3) is 4.18. The van der Waals surface area contributed by atoms with Gasteiger partial charge in [0, 0.05) is 37.1 Å². The third-order valence-electron chi connectivity index (χ3n) is 4.00. The van der Waals surface area contributed by atoms with Gasteiger partial charge in [-0.2, -0.15) is 0 Å². The first-order chi connectivity index (χ1) is 11.6. The van der Waals surface area contributed by atoms with Crippen LogP contribution in [0.1, 0.15) is 16.1 Å². The Bertz CT molecular complexity index is 708. The molecule has 2 amide bonds. The number of nitrogens with zero attached hydrogens (tertiary/aromatic N) is 3. The van der Waals surface area contributed by atoms with Crippen molar-refractivity contribution < 1.29 is 9.59 Å². The van der Waals surface area contributed by atoms with Crippen LogP contribution in [-0.2, 0) is 11.2 Å². The van der Waals surface area contributed by atoms with Gasteiger partial charge in [0.05, 0.1) is 12.1 Å². The lowest BCUT2D eigenvalue weighted by atomic mass is 10.2. The van der Waals surface area contributed by atoms with Crippen molar-refractivity contribution in [3.8, 4) is 0 Å². The van der Waals surface area contributed by atoms with Crippen molar-refractivity contribution >= 4 is 28.3 Å². The van der Waals surface area contributed by atoms with Gasteiger partial charge >= 0.3 is 0 Å². The van der Waals surface area contributed by atoms with Crippen molar-refractivity contribution in [2.75, 3.05) is 38.5 Å². The van der Waals surface area contributed by atoms with E-state index in [0.29, 0.717) is 16.4 Å². The van der Waals surface area contributed by atoms with E-state index in [2.05, 4.69) is 22.2 Å². The molecular weight excluding hydrogens is 324 g/mol. The second-order valence-electron chi connectivity index (χ2n) is 5.82. The van der Waals surface area contributed by atoms with Crippen molar-refractivity contribution in [3.63, 3.8) is 0 Å². The van der Waals surface area contributed by atoms with Gasteiger partial charge in [-0.15, -0.1) is 11.3 Å². The average molecular weight is 344 g/mol. The first kappa shape index (κ1) is 16.6. The van der Waals surface area contributed by atoms with Gasteiger partial charge in [0.2, 0.25) is 5.91 Å². The van der Waals surface area contributed by atoms with Crippen LogP contribution < -0.4 is 5.32 Å². The summed E-state index contributed by atoms with van der Waals surface area (Å²) >= 11 is 1.34. The number of hydrogen-bond acceptors (Lipinski definition) is 5. The first-order valence-corrected chi connectivity index (χ1v) is 8.77. The molecule has 7 heteroatoms. The number of carbonyl (C=O) groups is 2. The predicted octanol–water partition coefficient (Wildman–Crippen LogP) is 1.71. The Labute approximate surface area is 145 Å². The summed E-state index contributed by atoms with van der Waals surface area (Å²) in [7, 11) is 2.06. The van der Waals surface area contributed by atoms with Gasteiger partial charge in [0.1, 0.15) is 0 Å². The molecule has 0 radical (unpaired) electrons. The van der Waals surface area contributed by atoms with Crippen LogP contribution in [0.3, 0.4) is 0 Å². The zero-order valence-electron chi connectivity index (χ0n) is 13.6. The summed E-state index contributed by atoms with van der Waals surface area (Å²) in [6, 6.07) is 9.00. The van der Waals surface area contributed by atoms with E-state index in [1.807, 2.05) is 28.5 Å². The van der Waals surface area contributed by atoms with Crippen LogP contribution in [-0.4, -0.2) is 59.8 Å². The van der Waals surface area contributed by atoms with Crippen molar-refractivity contribution in [2.45, 2.75) is 6.42 Å². The molecule has 1 aliphatic rings. The van der Waals surface area contributed by atoms with Crippen molar-refractivity contribution in [3.05, 3.63) is 47.0 Å². The fourth-order valence-electron chi connectivity index (χ4n) is 2.53. The summed E-state index contributed by atoms with van der Waals surface area (Å²) in [6.07, 6.45) is 0.279. The molecule has 24 heavy (non-hydrogen) atoms. The average Bonchev–Trinajstić information content (AvgIpc) is 3.03. The highest BCUT2D eigenvalue weighted by Crippen LogP contribution is 2.17. The molecule has 0 atom stereocenters. The number of piperazine rings is 1. The van der Waals surface area contributed by atoms with E-state index >= 15 is 0 Å². The van der Waals surface area contributed by atoms with E-state index < -0.39 is 0 Å². The summed E-state index contributed by atoms with van der Waals surface area (Å²) in [4.78, 5) is 32.9. The molecule has 0 aliphatic carbocycles. The zero-order valence-corrected chi connectivity index (χ0v) is 14.4. The number of benzene rings is 1. The zero-order chi connectivity index (χ0) is 16.9. The van der Waals surface area contributed by atoms with E-state index in [0.717, 1.165) is 26.2 Å². The second kappa shape index (κ2) is 7.55. The molecular formula is C17H20N4O2S. The summed E-state index contributed by atoms with van der Waals surface area (Å²) in [5.74, 6) is -0.101. The van der Waals surface area contributed by atoms with Crippen LogP contribution in [0.25, 0.3) is 0 Å². The van der Waals surface area contributed by atoms with Crippen molar-refractivity contribution in [1.29, 1.82) is 0 Å². The number of nitrogens with one attached hydrogen (secondary N) is 1. The highest BCUT2D eigenvalue weighted by atomic mass is 32.1. The van der Waals surface area contributed by atoms with Gasteiger partial charge in [-0.05, 0) is 19.2 Å². The molecule has 1 saturated heterocycles. The van der Waals surface area contributed by atoms with Gasteiger partial charge in [0.15, 0.2) is 5.13 Å². The van der Waals surface area contributed by atoms with E-state index in [-0.39, 0.29) is 18.2 Å². The Hall–Kier alpha value is -2.25. The topological polar surface area (TPSA) is 65.5 Å². The molecule has 0 spiro atoms. The normalized spacial score (nSPS) is 15.3. The molecule has 3 rings (SSSR count). The van der Waals surface area contributed by atoms with Gasteiger partial charge in [-0.25, -0.2) is 4.98 Å². The molecule has 0 saturated carbocycles. The fourth-order valence-corrected chi connectivity index (χ4v) is 3.23. The van der Waals surface area contributed by atoms with Crippen molar-refractivity contribution in [1.82, 2.24) is 14.8 Å². The molecule has 126 valence electrons. The highest BCUT2D eigenvalue weighted by Gasteiger charge is 2.20. The molecule has 0 unspecified atom stereocenters. The minimum atomic E-state index is -0.193. The number of anilines is 1. The predicted molar refractivity (Wildman–Crippen MR) is 94.3 cm³/mol. The minimum absolute atomic E-state index is 0.0920. The molecule has 2 aromatic rings. The summed E-state index contributed by atoms with van der Waals surface area (Å²) in [5.41, 5.74) is 1.29. The van der Waals surface area contributed by atoms with E-state index in [4.69, 9.17) is 0 Å². The van der Waals surface area contributed by atoms with Crippen molar-refractivity contribution in [2.24, 2.45) is 0 Å². The lowest BCUT2D eigenvalue weighted by molar-refractivity contribution is -0.132. The lowest BCUT2D eigenvalue weighted by Gasteiger charge is -2.32. The Morgan fingerprint density at radius 1 is 1.17 bits per heavy atom. The Kier molecular flexibility index (Phi) is 5.22. The van der Waals surface area contributed by atoms with Crippen LogP contribution in [0.15, 0.2) is 35.7 Å². The molecule has 1 N–H and O–H groups in total. The smallest absolute Gasteiger partial charge is 0.257 e. The molecule has 0 bridgehead atoms. The van der Waals surface area contributed by atoms with Gasteiger partial charge < -0.3 is 9.80 Å². The van der Waals surface area contributed by atoms with E-state index in [9.17, 15) is 9.59 Å². The quantitative estimate of drug-likeness (QED) is 0.917. The first-order valence-electron chi connectivity index (χ1n) is 7.89. The number of likely N-dealkylation sites (N-methyl/N-ethyl adjacent to an activating group) is 1. The van der Waals surface area contributed by atoms with Gasteiger partial charge in [-0.1, -0.05) is 18.2 Å². The largest absolute Gasteiger partial charge is 0.340 e. The van der Waals surface area contributed by atoms with E-state index in [1.54, 1.807) is 12.1 Å². The maximum atomic E-state index is 12.3. The highest BCUT2D eigenvalue weighted by molar-refractivity contribution is 7.14. The standard InChI is InChI=1S/C17H20N4O2S/c1-20-7-9-21(10-8-20)15(22)11-14-12-24-17(18-14)19-16(23)13-5-3-2-4-6-13/h2-6,12H,7-11H2,1H3,(H,18,19,23). The Morgan fingerprint density at radius 3 is 2.58 bits per heavy atom. The van der Waals surface area contributed by atoms with Crippen LogP contribution in [0.4, 0.5) is 5.13 Å². The number of aromatic nitrogens is 1. The molecule has 1 aromatic heterocycles. The van der Waals surface area contributed by atoms with E-state index in [1.165, 1.54) is 11.3 Å². The Morgan fingerprint density at radius 2 is 1.88 bits per heavy atom. The molecule has 1 aliphatic heterocycles. The number of rotatable bonds is 4. The number of carbonyl (C=O) groups excluding carboxylic acids is 2. The van der Waals surface area contributed by atoms with Gasteiger partial charge in [0.25, 0.3) is 5.91 Å². The summed E-state index contributed by atoms with van der Waals surface area (Å²) in [6.45, 7) is 3.33. The van der Waals surface area contributed by atoms with Crippen LogP contribution >= 0.6 is 11.3 Å². The molecule has 1 fully saturated rings. The van der Waals surface area contributed by atoms with Crippen LogP contribution in [0, 0.1) is 0 Å². The summed E-state index contributed by atoms with van der Waals surface area (Å²) < 4.78 is 0. The van der Waals surface area contributed by atoms with Crippen LogP contribution in [0.2, 0.25) is 0 Å². The maximum absolute atomic E-state index is 12.3. The minimum Gasteiger partial charge on any atom is -0.340 e. The molecule has 6 nitrogen and oxygen atoms in total. The third-order valence-corrected chi connectivity index (χ3v) is 4.80. The number of amides is 2. The summed E-state index contributed by atoms with van der Waals surface area (Å²) in [5, 5.41) is 5.12. The lowest BCUT2D eigenvalue weighted by Crippen LogP contribution is -2.47. The number of hydrogen-bond donors (Lipinski definition) is 1. The molecule has 1 aromatic carbocycles. The van der Waals surface area contributed by atoms with Gasteiger partial charge in [-0.3, -0.25) is 14.9 Å². The van der Waals surface area contributed by atoms with Crippen LogP contribution in [0.5, 0.6) is 0 Å².